The molecule has 1 nitrogen and oxygen atoms in total. The second-order valence-electron chi connectivity index (χ2n) is 3.59. The van der Waals surface area contributed by atoms with Crippen LogP contribution in [0.5, 0.6) is 0 Å². The maximum Gasteiger partial charge on any atom is 0.494 e. The quantitative estimate of drug-likeness (QED) is 0.419. The molecule has 0 bridgehead atoms. The fraction of sp³-hybridized carbons (Fsp3) is 0.714. The molecule has 0 aromatic heterocycles. The van der Waals surface area contributed by atoms with Gasteiger partial charge in [-0.15, -0.1) is 0 Å². The lowest BCUT2D eigenvalue weighted by Gasteiger charge is -2.22. The summed E-state index contributed by atoms with van der Waals surface area (Å²) in [5, 5.41) is 0. The first kappa shape index (κ1) is 12.8. The molecule has 0 saturated heterocycles. The predicted octanol–water partition coefficient (Wildman–Crippen LogP) is 3.76. The molecular weight excluding hydrogens is 235 g/mol. The predicted molar refractivity (Wildman–Crippen MR) is 57.9 cm³/mol. The fourth-order valence-electron chi connectivity index (χ4n) is 0.385. The van der Waals surface area contributed by atoms with E-state index >= 15 is 0 Å². The molecule has 0 saturated carbocycles. The second-order valence-corrected chi connectivity index (χ2v) is 11.3. The van der Waals surface area contributed by atoms with Gasteiger partial charge in [-0.2, -0.15) is 0 Å². The van der Waals surface area contributed by atoms with Gasteiger partial charge in [0.15, 0.2) is 0 Å². The lowest BCUT2D eigenvalue weighted by Crippen LogP contribution is -2.22. The van der Waals surface area contributed by atoms with Crippen molar-refractivity contribution in [1.82, 2.24) is 0 Å². The zero-order valence-corrected chi connectivity index (χ0v) is 10.7. The average Bonchev–Trinajstić information content (AvgIpc) is 1.78. The summed E-state index contributed by atoms with van der Waals surface area (Å²) in [5.74, 6) is 0. The van der Waals surface area contributed by atoms with E-state index in [0.717, 1.165) is 5.57 Å². The van der Waals surface area contributed by atoms with E-state index in [4.69, 9.17) is 37.7 Å². The third-order valence-corrected chi connectivity index (χ3v) is 2.92. The Morgan fingerprint density at radius 2 is 1.75 bits per heavy atom. The van der Waals surface area contributed by atoms with Crippen molar-refractivity contribution < 1.29 is 4.43 Å². The van der Waals surface area contributed by atoms with Crippen molar-refractivity contribution in [3.63, 3.8) is 0 Å². The Balaban J connectivity index is 3.90. The maximum absolute atomic E-state index is 5.53. The van der Waals surface area contributed by atoms with Crippen molar-refractivity contribution >= 4 is 39.5 Å². The molecule has 0 unspecified atom stereocenters. The zero-order chi connectivity index (χ0) is 9.99. The van der Waals surface area contributed by atoms with Crippen LogP contribution in [0, 0.1) is 5.41 Å². The lowest BCUT2D eigenvalue weighted by atomic mass is 9.88. The monoisotopic (exact) mass is 246 g/mol. The van der Waals surface area contributed by atoms with Crippen LogP contribution in [-0.2, 0) is 4.43 Å². The largest absolute Gasteiger partial charge is 0.494 e. The van der Waals surface area contributed by atoms with Crippen LogP contribution in [0.3, 0.4) is 0 Å². The van der Waals surface area contributed by atoms with Gasteiger partial charge in [0.1, 0.15) is 0 Å². The smallest absolute Gasteiger partial charge is 0.377 e. The molecule has 0 aromatic carbocycles. The van der Waals surface area contributed by atoms with E-state index in [0.29, 0.717) is 6.61 Å². The Bertz CT molecular complexity index is 168. The van der Waals surface area contributed by atoms with Crippen molar-refractivity contribution in [2.75, 3.05) is 6.61 Å². The van der Waals surface area contributed by atoms with Crippen molar-refractivity contribution in [1.29, 1.82) is 0 Å². The molecule has 0 heterocycles. The molecule has 0 N–H and O–H groups in total. The van der Waals surface area contributed by atoms with Crippen LogP contribution < -0.4 is 0 Å². The Hall–Kier alpha value is 0.787. The Morgan fingerprint density at radius 3 is 2.00 bits per heavy atom. The van der Waals surface area contributed by atoms with Crippen molar-refractivity contribution in [3.8, 4) is 0 Å². The van der Waals surface area contributed by atoms with Gasteiger partial charge in [0.25, 0.3) is 0 Å². The summed E-state index contributed by atoms with van der Waals surface area (Å²) in [6.45, 7) is 10.3. The van der Waals surface area contributed by atoms with Gasteiger partial charge in [-0.3, -0.25) is 0 Å². The second kappa shape index (κ2) is 4.34. The van der Waals surface area contributed by atoms with Crippen molar-refractivity contribution in [2.45, 2.75) is 20.8 Å². The molecule has 0 aliphatic rings. The molecule has 0 amide bonds. The summed E-state index contributed by atoms with van der Waals surface area (Å²) >= 11 is 16.6. The molecule has 72 valence electrons. The minimum Gasteiger partial charge on any atom is -0.377 e. The molecule has 0 atom stereocenters. The minimum absolute atomic E-state index is 0.00428. The third kappa shape index (κ3) is 6.32. The highest BCUT2D eigenvalue weighted by Gasteiger charge is 2.29. The molecule has 0 fully saturated rings. The van der Waals surface area contributed by atoms with Gasteiger partial charge in [-0.25, -0.2) is 0 Å². The van der Waals surface area contributed by atoms with E-state index in [-0.39, 0.29) is 5.41 Å². The molecule has 0 aromatic rings. The van der Waals surface area contributed by atoms with E-state index < -0.39 is 6.25 Å². The van der Waals surface area contributed by atoms with Crippen LogP contribution in [0.1, 0.15) is 20.8 Å². The number of rotatable bonds is 3. The minimum atomic E-state index is -2.94. The molecule has 0 aliphatic heterocycles. The molecule has 5 heteroatoms. The normalized spacial score (nSPS) is 13.2. The molecular formula is C7H13Cl3OSi. The summed E-state index contributed by atoms with van der Waals surface area (Å²) in [5.41, 5.74) is 0.936. The van der Waals surface area contributed by atoms with Crippen LogP contribution in [0.25, 0.3) is 0 Å². The number of halogens is 3. The van der Waals surface area contributed by atoms with Gasteiger partial charge in [0.2, 0.25) is 0 Å². The molecule has 12 heavy (non-hydrogen) atoms. The molecule has 0 aliphatic carbocycles. The summed E-state index contributed by atoms with van der Waals surface area (Å²) in [7, 11) is 0. The van der Waals surface area contributed by atoms with Crippen LogP contribution in [0.4, 0.5) is 0 Å². The van der Waals surface area contributed by atoms with E-state index in [1.54, 1.807) is 0 Å². The molecule has 0 spiro atoms. The van der Waals surface area contributed by atoms with Gasteiger partial charge in [0.05, 0.1) is 6.61 Å². The average molecular weight is 248 g/mol. The first-order valence-corrected chi connectivity index (χ1v) is 8.46. The van der Waals surface area contributed by atoms with Crippen LogP contribution in [-0.4, -0.2) is 12.9 Å². The Kier molecular flexibility index (Phi) is 4.62. The zero-order valence-electron chi connectivity index (χ0n) is 7.46. The van der Waals surface area contributed by atoms with Gasteiger partial charge in [-0.05, 0) is 11.0 Å². The highest BCUT2D eigenvalue weighted by atomic mass is 35.8. The Morgan fingerprint density at radius 1 is 1.33 bits per heavy atom. The topological polar surface area (TPSA) is 9.23 Å². The standard InChI is InChI=1S/C7H13Cl3OSi/c1-6(7(2,3)4)5-11-12(8,9)10/h1,5H2,2-4H3. The fourth-order valence-corrected chi connectivity index (χ4v) is 1.21. The lowest BCUT2D eigenvalue weighted by molar-refractivity contribution is 0.330. The first-order chi connectivity index (χ1) is 5.13. The van der Waals surface area contributed by atoms with Gasteiger partial charge < -0.3 is 4.43 Å². The van der Waals surface area contributed by atoms with Gasteiger partial charge in [-0.1, -0.05) is 60.6 Å². The summed E-state index contributed by atoms with van der Waals surface area (Å²) < 4.78 is 5.05. The van der Waals surface area contributed by atoms with E-state index in [1.165, 1.54) is 0 Å². The van der Waals surface area contributed by atoms with Crippen LogP contribution in [0.2, 0.25) is 0 Å². The van der Waals surface area contributed by atoms with E-state index in [9.17, 15) is 0 Å². The van der Waals surface area contributed by atoms with Crippen LogP contribution in [0.15, 0.2) is 12.2 Å². The van der Waals surface area contributed by atoms with Crippen molar-refractivity contribution in [3.05, 3.63) is 12.2 Å². The maximum atomic E-state index is 5.53. The van der Waals surface area contributed by atoms with E-state index in [2.05, 4.69) is 6.58 Å². The summed E-state index contributed by atoms with van der Waals surface area (Å²) in [6.07, 6.45) is -2.94. The molecule has 0 radical (unpaired) electrons. The van der Waals surface area contributed by atoms with E-state index in [1.807, 2.05) is 20.8 Å². The third-order valence-electron chi connectivity index (χ3n) is 1.47. The SMILES string of the molecule is C=C(CO[Si](Cl)(Cl)Cl)C(C)(C)C. The molecule has 0 rings (SSSR count). The Labute approximate surface area is 88.9 Å². The van der Waals surface area contributed by atoms with Crippen molar-refractivity contribution in [2.24, 2.45) is 5.41 Å². The number of hydrogen-bond acceptors (Lipinski definition) is 1. The summed E-state index contributed by atoms with van der Waals surface area (Å²) in [6, 6.07) is 0. The highest BCUT2D eigenvalue weighted by Crippen LogP contribution is 2.27. The van der Waals surface area contributed by atoms with Gasteiger partial charge >= 0.3 is 6.25 Å². The number of hydrogen-bond donors (Lipinski definition) is 0. The first-order valence-electron chi connectivity index (χ1n) is 3.52. The summed E-state index contributed by atoms with van der Waals surface area (Å²) in [4.78, 5) is 0. The highest BCUT2D eigenvalue weighted by molar-refractivity contribution is 7.62. The van der Waals surface area contributed by atoms with Gasteiger partial charge in [0, 0.05) is 0 Å². The van der Waals surface area contributed by atoms with Crippen LogP contribution >= 0.6 is 33.2 Å².